The number of aromatic nitrogens is 1. The van der Waals surface area contributed by atoms with E-state index in [9.17, 15) is 4.79 Å². The van der Waals surface area contributed by atoms with Gasteiger partial charge in [-0.25, -0.2) is 0 Å². The molecule has 1 aliphatic heterocycles. The van der Waals surface area contributed by atoms with Crippen molar-refractivity contribution in [2.45, 2.75) is 6.04 Å². The van der Waals surface area contributed by atoms with Gasteiger partial charge in [0.25, 0.3) is 5.91 Å². The first-order valence-corrected chi connectivity index (χ1v) is 8.01. The van der Waals surface area contributed by atoms with Gasteiger partial charge in [-0.15, -0.1) is 0 Å². The Morgan fingerprint density at radius 1 is 1.29 bits per heavy atom. The van der Waals surface area contributed by atoms with Gasteiger partial charge in [0.2, 0.25) is 0 Å². The summed E-state index contributed by atoms with van der Waals surface area (Å²) >= 11 is 2.24. The molecule has 108 valence electrons. The van der Waals surface area contributed by atoms with Gasteiger partial charge in [-0.1, -0.05) is 6.07 Å². The molecule has 0 saturated carbocycles. The zero-order valence-electron chi connectivity index (χ0n) is 11.5. The van der Waals surface area contributed by atoms with E-state index >= 15 is 0 Å². The van der Waals surface area contributed by atoms with Crippen molar-refractivity contribution in [2.75, 3.05) is 19.6 Å². The molecule has 0 bridgehead atoms. The number of nitrogens with zero attached hydrogens (tertiary/aromatic N) is 2. The number of rotatable bonds is 2. The maximum Gasteiger partial charge on any atom is 0.254 e. The van der Waals surface area contributed by atoms with Crippen LogP contribution in [0.15, 0.2) is 48.8 Å². The van der Waals surface area contributed by atoms with E-state index in [-0.39, 0.29) is 11.9 Å². The summed E-state index contributed by atoms with van der Waals surface area (Å²) in [5, 5.41) is 3.36. The highest BCUT2D eigenvalue weighted by atomic mass is 127. The summed E-state index contributed by atoms with van der Waals surface area (Å²) in [7, 11) is 0. The topological polar surface area (TPSA) is 45.2 Å². The van der Waals surface area contributed by atoms with E-state index in [1.165, 1.54) is 0 Å². The van der Waals surface area contributed by atoms with Crippen LogP contribution in [0.3, 0.4) is 0 Å². The fourth-order valence-electron chi connectivity index (χ4n) is 2.58. The molecule has 1 N–H and O–H groups in total. The van der Waals surface area contributed by atoms with Gasteiger partial charge in [-0.05, 0) is 58.5 Å². The summed E-state index contributed by atoms with van der Waals surface area (Å²) < 4.78 is 1.13. The van der Waals surface area contributed by atoms with E-state index < -0.39 is 0 Å². The Morgan fingerprint density at radius 2 is 2.10 bits per heavy atom. The Balaban J connectivity index is 1.87. The second-order valence-electron chi connectivity index (χ2n) is 5.01. The van der Waals surface area contributed by atoms with Crippen molar-refractivity contribution in [3.05, 3.63) is 63.5 Å². The Kier molecular flexibility index (Phi) is 4.50. The quantitative estimate of drug-likeness (QED) is 0.798. The third kappa shape index (κ3) is 3.24. The van der Waals surface area contributed by atoms with Crippen molar-refractivity contribution in [1.82, 2.24) is 15.2 Å². The number of pyridine rings is 1. The highest BCUT2D eigenvalue weighted by Crippen LogP contribution is 2.23. The van der Waals surface area contributed by atoms with Gasteiger partial charge in [0.05, 0.1) is 6.04 Å². The summed E-state index contributed by atoms with van der Waals surface area (Å²) in [5.74, 6) is 0.0850. The lowest BCUT2D eigenvalue weighted by Gasteiger charge is -2.36. The molecule has 1 aliphatic rings. The molecular formula is C16H16IN3O. The number of piperazine rings is 1. The van der Waals surface area contributed by atoms with Crippen LogP contribution in [0.2, 0.25) is 0 Å². The SMILES string of the molecule is O=C(c1ccc(I)cc1)N1CCNCC1c1cccnc1. The standard InChI is InChI=1S/C16H16IN3O/c17-14-5-3-12(4-6-14)16(21)20-9-8-19-11-15(20)13-2-1-7-18-10-13/h1-7,10,15,19H,8-9,11H2. The van der Waals surface area contributed by atoms with Crippen LogP contribution in [0.1, 0.15) is 22.0 Å². The molecule has 1 saturated heterocycles. The average molecular weight is 393 g/mol. The summed E-state index contributed by atoms with van der Waals surface area (Å²) in [5.41, 5.74) is 1.81. The molecule has 21 heavy (non-hydrogen) atoms. The van der Waals surface area contributed by atoms with E-state index in [1.807, 2.05) is 47.5 Å². The van der Waals surface area contributed by atoms with Gasteiger partial charge >= 0.3 is 0 Å². The third-order valence-corrected chi connectivity index (χ3v) is 4.38. The maximum absolute atomic E-state index is 12.8. The number of amides is 1. The number of nitrogens with one attached hydrogen (secondary N) is 1. The van der Waals surface area contributed by atoms with Crippen LogP contribution < -0.4 is 5.32 Å². The molecule has 1 atom stereocenters. The van der Waals surface area contributed by atoms with Crippen LogP contribution in [0.4, 0.5) is 0 Å². The molecule has 5 heteroatoms. The van der Waals surface area contributed by atoms with E-state index in [4.69, 9.17) is 0 Å². The van der Waals surface area contributed by atoms with Crippen molar-refractivity contribution >= 4 is 28.5 Å². The van der Waals surface area contributed by atoms with Gasteiger partial charge in [0.15, 0.2) is 0 Å². The minimum absolute atomic E-state index is 0.0410. The van der Waals surface area contributed by atoms with Crippen LogP contribution in [-0.4, -0.2) is 35.4 Å². The highest BCUT2D eigenvalue weighted by Gasteiger charge is 2.28. The van der Waals surface area contributed by atoms with Gasteiger partial charge in [-0.3, -0.25) is 9.78 Å². The first-order chi connectivity index (χ1) is 10.3. The zero-order valence-corrected chi connectivity index (χ0v) is 13.7. The number of benzene rings is 1. The Bertz CT molecular complexity index is 615. The van der Waals surface area contributed by atoms with Crippen LogP contribution in [0.25, 0.3) is 0 Å². The summed E-state index contributed by atoms with van der Waals surface area (Å²) in [6.45, 7) is 2.30. The monoisotopic (exact) mass is 393 g/mol. The molecule has 1 fully saturated rings. The molecular weight excluding hydrogens is 377 g/mol. The predicted molar refractivity (Wildman–Crippen MR) is 90.0 cm³/mol. The van der Waals surface area contributed by atoms with Crippen molar-refractivity contribution in [1.29, 1.82) is 0 Å². The minimum Gasteiger partial charge on any atom is -0.329 e. The van der Waals surface area contributed by atoms with Gasteiger partial charge in [0.1, 0.15) is 0 Å². The van der Waals surface area contributed by atoms with Crippen molar-refractivity contribution in [3.63, 3.8) is 0 Å². The van der Waals surface area contributed by atoms with Gasteiger partial charge in [0, 0.05) is 41.2 Å². The predicted octanol–water partition coefficient (Wildman–Crippen LogP) is 2.47. The lowest BCUT2D eigenvalue weighted by Crippen LogP contribution is -2.48. The van der Waals surface area contributed by atoms with Crippen LogP contribution in [0.5, 0.6) is 0 Å². The first-order valence-electron chi connectivity index (χ1n) is 6.93. The summed E-state index contributed by atoms with van der Waals surface area (Å²) in [4.78, 5) is 18.9. The van der Waals surface area contributed by atoms with Crippen LogP contribution in [-0.2, 0) is 0 Å². The zero-order chi connectivity index (χ0) is 14.7. The minimum atomic E-state index is 0.0410. The molecule has 1 amide bonds. The Hall–Kier alpha value is -1.47. The molecule has 1 unspecified atom stereocenters. The smallest absolute Gasteiger partial charge is 0.254 e. The molecule has 1 aromatic heterocycles. The third-order valence-electron chi connectivity index (χ3n) is 3.66. The fraction of sp³-hybridized carbons (Fsp3) is 0.250. The Morgan fingerprint density at radius 3 is 2.81 bits per heavy atom. The van der Waals surface area contributed by atoms with Crippen LogP contribution in [0, 0.1) is 3.57 Å². The second kappa shape index (κ2) is 6.53. The highest BCUT2D eigenvalue weighted by molar-refractivity contribution is 14.1. The lowest BCUT2D eigenvalue weighted by molar-refractivity contribution is 0.0634. The number of carbonyl (C=O) groups excluding carboxylic acids is 1. The number of halogens is 1. The normalized spacial score (nSPS) is 18.5. The molecule has 2 heterocycles. The van der Waals surface area contributed by atoms with Crippen molar-refractivity contribution < 1.29 is 4.79 Å². The molecule has 2 aromatic rings. The van der Waals surface area contributed by atoms with Gasteiger partial charge in [-0.2, -0.15) is 0 Å². The molecule has 0 radical (unpaired) electrons. The van der Waals surface area contributed by atoms with Crippen molar-refractivity contribution in [2.24, 2.45) is 0 Å². The summed E-state index contributed by atoms with van der Waals surface area (Å²) in [6.07, 6.45) is 3.59. The van der Waals surface area contributed by atoms with E-state index in [0.717, 1.165) is 27.8 Å². The number of carbonyl (C=O) groups is 1. The molecule has 0 spiro atoms. The van der Waals surface area contributed by atoms with E-state index in [2.05, 4.69) is 32.9 Å². The molecule has 1 aromatic carbocycles. The lowest BCUT2D eigenvalue weighted by atomic mass is 10.0. The molecule has 4 nitrogen and oxygen atoms in total. The van der Waals surface area contributed by atoms with E-state index in [1.54, 1.807) is 6.20 Å². The van der Waals surface area contributed by atoms with Crippen molar-refractivity contribution in [3.8, 4) is 0 Å². The average Bonchev–Trinajstić information content (AvgIpc) is 2.56. The van der Waals surface area contributed by atoms with E-state index in [0.29, 0.717) is 6.54 Å². The molecule has 3 rings (SSSR count). The molecule has 0 aliphatic carbocycles. The fourth-order valence-corrected chi connectivity index (χ4v) is 2.94. The van der Waals surface area contributed by atoms with Gasteiger partial charge < -0.3 is 10.2 Å². The second-order valence-corrected chi connectivity index (χ2v) is 6.26. The Labute approximate surface area is 137 Å². The van der Waals surface area contributed by atoms with Crippen LogP contribution >= 0.6 is 22.6 Å². The largest absolute Gasteiger partial charge is 0.329 e. The number of hydrogen-bond acceptors (Lipinski definition) is 3. The first kappa shape index (κ1) is 14.5. The maximum atomic E-state index is 12.8. The number of hydrogen-bond donors (Lipinski definition) is 1. The summed E-state index contributed by atoms with van der Waals surface area (Å²) in [6, 6.07) is 11.7.